The second-order valence-electron chi connectivity index (χ2n) is 6.14. The Kier molecular flexibility index (Phi) is 5.25. The average Bonchev–Trinajstić information content (AvgIpc) is 2.92. The smallest absolute Gasteiger partial charge is 0.239 e. The lowest BCUT2D eigenvalue weighted by molar-refractivity contribution is -0.119. The van der Waals surface area contributed by atoms with Gasteiger partial charge < -0.3 is 20.3 Å². The molecule has 8 heteroatoms. The highest BCUT2D eigenvalue weighted by Gasteiger charge is 2.28. The molecule has 0 bridgehead atoms. The molecule has 132 valence electrons. The van der Waals surface area contributed by atoms with Crippen molar-refractivity contribution in [2.45, 2.75) is 12.5 Å². The fourth-order valence-electron chi connectivity index (χ4n) is 3.07. The number of hydrogen-bond donors (Lipinski definition) is 2. The molecule has 2 aliphatic heterocycles. The molecule has 2 N–H and O–H groups in total. The summed E-state index contributed by atoms with van der Waals surface area (Å²) in [6.45, 7) is 3.17. The maximum atomic E-state index is 12.1. The first-order valence-electron chi connectivity index (χ1n) is 8.19. The van der Waals surface area contributed by atoms with Gasteiger partial charge in [-0.25, -0.2) is 8.42 Å². The number of hydrogen-bond acceptors (Lipinski definition) is 6. The van der Waals surface area contributed by atoms with Gasteiger partial charge in [0.1, 0.15) is 0 Å². The number of rotatable bonds is 5. The Balaban J connectivity index is 1.55. The summed E-state index contributed by atoms with van der Waals surface area (Å²) < 4.78 is 28.3. The van der Waals surface area contributed by atoms with Crippen LogP contribution in [0.5, 0.6) is 0 Å². The molecule has 7 nitrogen and oxygen atoms in total. The molecule has 1 amide bonds. The van der Waals surface area contributed by atoms with Gasteiger partial charge in [0, 0.05) is 19.1 Å². The van der Waals surface area contributed by atoms with Crippen LogP contribution in [0.3, 0.4) is 0 Å². The predicted molar refractivity (Wildman–Crippen MR) is 93.2 cm³/mol. The van der Waals surface area contributed by atoms with Crippen molar-refractivity contribution in [2.24, 2.45) is 0 Å². The average molecular weight is 353 g/mol. The van der Waals surface area contributed by atoms with Crippen LogP contribution in [0.15, 0.2) is 24.3 Å². The number of para-hydroxylation sites is 2. The number of carbonyl (C=O) groups excluding carboxylic acids is 1. The summed E-state index contributed by atoms with van der Waals surface area (Å²) >= 11 is 0. The van der Waals surface area contributed by atoms with Crippen molar-refractivity contribution in [1.82, 2.24) is 5.32 Å². The lowest BCUT2D eigenvalue weighted by atomic mass is 10.2. The molecule has 24 heavy (non-hydrogen) atoms. The van der Waals surface area contributed by atoms with Gasteiger partial charge in [0.05, 0.1) is 42.6 Å². The van der Waals surface area contributed by atoms with Crippen LogP contribution in [-0.4, -0.2) is 64.7 Å². The van der Waals surface area contributed by atoms with E-state index in [2.05, 4.69) is 15.5 Å². The first-order chi connectivity index (χ1) is 11.5. The minimum absolute atomic E-state index is 0.0447. The summed E-state index contributed by atoms with van der Waals surface area (Å²) in [5, 5.41) is 5.95. The Hall–Kier alpha value is -1.80. The fraction of sp³-hybridized carbons (Fsp3) is 0.562. The molecule has 1 aromatic rings. The Morgan fingerprint density at radius 1 is 1.25 bits per heavy atom. The third-order valence-corrected chi connectivity index (χ3v) is 6.06. The lowest BCUT2D eigenvalue weighted by Crippen LogP contribution is -2.39. The van der Waals surface area contributed by atoms with E-state index in [1.54, 1.807) is 0 Å². The number of morpholine rings is 1. The molecule has 2 fully saturated rings. The van der Waals surface area contributed by atoms with E-state index in [4.69, 9.17) is 4.74 Å². The molecule has 1 aromatic carbocycles. The van der Waals surface area contributed by atoms with Crippen LogP contribution in [0.2, 0.25) is 0 Å². The SMILES string of the molecule is O=C(CNc1ccccc1N1CCOCC1)NC1CCS(=O)(=O)C1. The summed E-state index contributed by atoms with van der Waals surface area (Å²) in [4.78, 5) is 14.3. The number of nitrogens with one attached hydrogen (secondary N) is 2. The van der Waals surface area contributed by atoms with E-state index in [1.165, 1.54) is 0 Å². The third kappa shape index (κ3) is 4.39. The second kappa shape index (κ2) is 7.40. The van der Waals surface area contributed by atoms with E-state index >= 15 is 0 Å². The molecule has 0 aromatic heterocycles. The highest BCUT2D eigenvalue weighted by atomic mass is 32.2. The largest absolute Gasteiger partial charge is 0.378 e. The number of nitrogens with zero attached hydrogens (tertiary/aromatic N) is 1. The van der Waals surface area contributed by atoms with E-state index in [0.29, 0.717) is 19.6 Å². The van der Waals surface area contributed by atoms with E-state index in [-0.39, 0.29) is 30.0 Å². The van der Waals surface area contributed by atoms with Crippen molar-refractivity contribution in [1.29, 1.82) is 0 Å². The van der Waals surface area contributed by atoms with Crippen molar-refractivity contribution in [3.8, 4) is 0 Å². The van der Waals surface area contributed by atoms with E-state index in [9.17, 15) is 13.2 Å². The number of sulfone groups is 1. The zero-order valence-electron chi connectivity index (χ0n) is 13.5. The van der Waals surface area contributed by atoms with Gasteiger partial charge in [-0.1, -0.05) is 12.1 Å². The first-order valence-corrected chi connectivity index (χ1v) is 10.0. The number of ether oxygens (including phenoxy) is 1. The topological polar surface area (TPSA) is 87.7 Å². The molecule has 3 rings (SSSR count). The quantitative estimate of drug-likeness (QED) is 0.788. The number of anilines is 2. The highest BCUT2D eigenvalue weighted by Crippen LogP contribution is 2.26. The molecule has 1 unspecified atom stereocenters. The predicted octanol–water partition coefficient (Wildman–Crippen LogP) is 0.238. The molecule has 0 spiro atoms. The van der Waals surface area contributed by atoms with E-state index in [1.807, 2.05) is 24.3 Å². The van der Waals surface area contributed by atoms with E-state index in [0.717, 1.165) is 24.5 Å². The standard InChI is InChI=1S/C16H23N3O4S/c20-16(18-13-5-10-24(21,22)12-13)11-17-14-3-1-2-4-15(14)19-6-8-23-9-7-19/h1-4,13,17H,5-12H2,(H,18,20). The number of benzene rings is 1. The summed E-state index contributed by atoms with van der Waals surface area (Å²) in [6.07, 6.45) is 0.498. The van der Waals surface area contributed by atoms with Crippen LogP contribution in [0.1, 0.15) is 6.42 Å². The molecule has 1 atom stereocenters. The highest BCUT2D eigenvalue weighted by molar-refractivity contribution is 7.91. The third-order valence-electron chi connectivity index (χ3n) is 4.29. The van der Waals surface area contributed by atoms with Crippen LogP contribution in [0.4, 0.5) is 11.4 Å². The maximum absolute atomic E-state index is 12.1. The Bertz CT molecular complexity index is 686. The molecule has 0 saturated carbocycles. The monoisotopic (exact) mass is 353 g/mol. The molecule has 0 radical (unpaired) electrons. The van der Waals surface area contributed by atoms with Gasteiger partial charge in [0.15, 0.2) is 9.84 Å². The van der Waals surface area contributed by atoms with Crippen LogP contribution < -0.4 is 15.5 Å². The van der Waals surface area contributed by atoms with Crippen LogP contribution >= 0.6 is 0 Å². The Morgan fingerprint density at radius 3 is 2.71 bits per heavy atom. The maximum Gasteiger partial charge on any atom is 0.239 e. The summed E-state index contributed by atoms with van der Waals surface area (Å²) in [6, 6.07) is 7.60. The van der Waals surface area contributed by atoms with Crippen molar-refractivity contribution >= 4 is 27.1 Å². The Morgan fingerprint density at radius 2 is 2.00 bits per heavy atom. The van der Waals surface area contributed by atoms with Gasteiger partial charge in [-0.3, -0.25) is 4.79 Å². The molecule has 2 saturated heterocycles. The number of carbonyl (C=O) groups is 1. The summed E-state index contributed by atoms with van der Waals surface area (Å²) in [5.41, 5.74) is 1.95. The normalized spacial score (nSPS) is 23.0. The summed E-state index contributed by atoms with van der Waals surface area (Å²) in [7, 11) is -2.98. The molecule has 2 heterocycles. The van der Waals surface area contributed by atoms with Crippen LogP contribution in [0.25, 0.3) is 0 Å². The van der Waals surface area contributed by atoms with Gasteiger partial charge in [0.2, 0.25) is 5.91 Å². The molecular formula is C16H23N3O4S. The first kappa shape index (κ1) is 17.0. The zero-order chi connectivity index (χ0) is 17.0. The van der Waals surface area contributed by atoms with Crippen LogP contribution in [0, 0.1) is 0 Å². The van der Waals surface area contributed by atoms with Gasteiger partial charge in [-0.05, 0) is 18.6 Å². The van der Waals surface area contributed by atoms with Gasteiger partial charge in [0.25, 0.3) is 0 Å². The van der Waals surface area contributed by atoms with Crippen molar-refractivity contribution in [3.05, 3.63) is 24.3 Å². The van der Waals surface area contributed by atoms with E-state index < -0.39 is 9.84 Å². The second-order valence-corrected chi connectivity index (χ2v) is 8.37. The van der Waals surface area contributed by atoms with Gasteiger partial charge >= 0.3 is 0 Å². The molecular weight excluding hydrogens is 330 g/mol. The van der Waals surface area contributed by atoms with Crippen molar-refractivity contribution in [2.75, 3.05) is 54.6 Å². The molecule has 2 aliphatic rings. The lowest BCUT2D eigenvalue weighted by Gasteiger charge is -2.30. The zero-order valence-corrected chi connectivity index (χ0v) is 14.3. The summed E-state index contributed by atoms with van der Waals surface area (Å²) in [5.74, 6) is 0.0165. The number of amides is 1. The fourth-order valence-corrected chi connectivity index (χ4v) is 4.74. The van der Waals surface area contributed by atoms with Crippen LogP contribution in [-0.2, 0) is 19.4 Å². The van der Waals surface area contributed by atoms with Gasteiger partial charge in [-0.2, -0.15) is 0 Å². The van der Waals surface area contributed by atoms with Gasteiger partial charge in [-0.15, -0.1) is 0 Å². The molecule has 0 aliphatic carbocycles. The van der Waals surface area contributed by atoms with Crippen molar-refractivity contribution in [3.63, 3.8) is 0 Å². The van der Waals surface area contributed by atoms with Crippen molar-refractivity contribution < 1.29 is 17.9 Å². The Labute approximate surface area is 142 Å². The minimum atomic E-state index is -2.98. The minimum Gasteiger partial charge on any atom is -0.378 e.